The van der Waals surface area contributed by atoms with Crippen molar-refractivity contribution >= 4 is 17.5 Å². The number of hydrogen-bond acceptors (Lipinski definition) is 3. The topological polar surface area (TPSA) is 62.6 Å². The van der Waals surface area contributed by atoms with Crippen LogP contribution in [-0.4, -0.2) is 18.4 Å². The minimum atomic E-state index is -0.230. The Balaban J connectivity index is 1.68. The van der Waals surface area contributed by atoms with Crippen LogP contribution in [0.4, 0.5) is 5.69 Å². The molecule has 3 rings (SSSR count). The van der Waals surface area contributed by atoms with E-state index in [1.165, 1.54) is 6.26 Å². The Hall–Kier alpha value is -2.56. The predicted octanol–water partition coefficient (Wildman–Crippen LogP) is 2.75. The van der Waals surface area contributed by atoms with Crippen molar-refractivity contribution in [2.75, 3.05) is 11.4 Å². The summed E-state index contributed by atoms with van der Waals surface area (Å²) in [5.41, 5.74) is 3.16. The van der Waals surface area contributed by atoms with Gasteiger partial charge in [0.25, 0.3) is 5.91 Å². The molecule has 0 atom stereocenters. The number of carbonyl (C=O) groups is 2. The molecule has 5 heteroatoms. The molecule has 2 heterocycles. The van der Waals surface area contributed by atoms with E-state index in [1.54, 1.807) is 12.1 Å². The number of benzene rings is 1. The number of rotatable bonds is 4. The molecule has 1 aromatic heterocycles. The third-order valence-corrected chi connectivity index (χ3v) is 4.00. The lowest BCUT2D eigenvalue weighted by Gasteiger charge is -2.19. The van der Waals surface area contributed by atoms with Gasteiger partial charge in [-0.3, -0.25) is 9.59 Å². The SMILES string of the molecule is CC(C)C(=O)N1CCc2cc(CNC(=O)c3ccco3)ccc21. The first-order chi connectivity index (χ1) is 11.1. The zero-order valence-electron chi connectivity index (χ0n) is 13.3. The Morgan fingerprint density at radius 2 is 2.13 bits per heavy atom. The van der Waals surface area contributed by atoms with Crippen LogP contribution in [0.5, 0.6) is 0 Å². The van der Waals surface area contributed by atoms with Crippen LogP contribution in [0.2, 0.25) is 0 Å². The minimum Gasteiger partial charge on any atom is -0.459 e. The van der Waals surface area contributed by atoms with Gasteiger partial charge in [0.2, 0.25) is 5.91 Å². The number of carbonyl (C=O) groups excluding carboxylic acids is 2. The molecule has 1 N–H and O–H groups in total. The minimum absolute atomic E-state index is 0.00629. The van der Waals surface area contributed by atoms with Gasteiger partial charge in [-0.25, -0.2) is 0 Å². The molecule has 5 nitrogen and oxygen atoms in total. The summed E-state index contributed by atoms with van der Waals surface area (Å²) in [6, 6.07) is 9.30. The number of anilines is 1. The van der Waals surface area contributed by atoms with Crippen molar-refractivity contribution in [3.63, 3.8) is 0 Å². The molecule has 120 valence electrons. The van der Waals surface area contributed by atoms with E-state index in [0.717, 1.165) is 29.8 Å². The Morgan fingerprint density at radius 1 is 1.30 bits per heavy atom. The van der Waals surface area contributed by atoms with E-state index in [4.69, 9.17) is 4.42 Å². The van der Waals surface area contributed by atoms with Crippen molar-refractivity contribution in [3.8, 4) is 0 Å². The summed E-state index contributed by atoms with van der Waals surface area (Å²) in [5, 5.41) is 2.83. The van der Waals surface area contributed by atoms with Gasteiger partial charge in [0.05, 0.1) is 6.26 Å². The molecular formula is C18H20N2O3. The van der Waals surface area contributed by atoms with Crippen molar-refractivity contribution in [3.05, 3.63) is 53.5 Å². The van der Waals surface area contributed by atoms with Gasteiger partial charge in [0.1, 0.15) is 0 Å². The lowest BCUT2D eigenvalue weighted by Crippen LogP contribution is -2.32. The first-order valence-electron chi connectivity index (χ1n) is 7.81. The number of hydrogen-bond donors (Lipinski definition) is 1. The molecule has 2 amide bonds. The molecule has 0 unspecified atom stereocenters. The average molecular weight is 312 g/mol. The number of furan rings is 1. The molecule has 0 spiro atoms. The molecule has 0 radical (unpaired) electrons. The maximum atomic E-state index is 12.2. The van der Waals surface area contributed by atoms with Gasteiger partial charge < -0.3 is 14.6 Å². The molecule has 0 saturated heterocycles. The zero-order chi connectivity index (χ0) is 16.4. The highest BCUT2D eigenvalue weighted by Gasteiger charge is 2.26. The number of nitrogens with zero attached hydrogens (tertiary/aromatic N) is 1. The van der Waals surface area contributed by atoms with Gasteiger partial charge in [-0.15, -0.1) is 0 Å². The number of nitrogens with one attached hydrogen (secondary N) is 1. The maximum absolute atomic E-state index is 12.2. The molecule has 23 heavy (non-hydrogen) atoms. The summed E-state index contributed by atoms with van der Waals surface area (Å²) in [6.45, 7) is 5.00. The number of fused-ring (bicyclic) bond motifs is 1. The van der Waals surface area contributed by atoms with Crippen molar-refractivity contribution < 1.29 is 14.0 Å². The van der Waals surface area contributed by atoms with Crippen LogP contribution < -0.4 is 10.2 Å². The Labute approximate surface area is 135 Å². The standard InChI is InChI=1S/C18H20N2O3/c1-12(2)18(22)20-8-7-14-10-13(5-6-15(14)20)11-19-17(21)16-4-3-9-23-16/h3-6,9-10,12H,7-8,11H2,1-2H3,(H,19,21). The van der Waals surface area contributed by atoms with Crippen molar-refractivity contribution in [1.29, 1.82) is 0 Å². The Kier molecular flexibility index (Phi) is 4.19. The summed E-state index contributed by atoms with van der Waals surface area (Å²) < 4.78 is 5.06. The zero-order valence-corrected chi connectivity index (χ0v) is 13.3. The Bertz CT molecular complexity index is 720. The van der Waals surface area contributed by atoms with Crippen LogP contribution in [0.3, 0.4) is 0 Å². The second-order valence-corrected chi connectivity index (χ2v) is 6.02. The Morgan fingerprint density at radius 3 is 2.83 bits per heavy atom. The van der Waals surface area contributed by atoms with Gasteiger partial charge in [-0.05, 0) is 35.7 Å². The highest BCUT2D eigenvalue weighted by Crippen LogP contribution is 2.30. The van der Waals surface area contributed by atoms with Crippen LogP contribution >= 0.6 is 0 Å². The van der Waals surface area contributed by atoms with Crippen LogP contribution in [0.15, 0.2) is 41.0 Å². The molecule has 0 saturated carbocycles. The first-order valence-corrected chi connectivity index (χ1v) is 7.81. The fourth-order valence-electron chi connectivity index (χ4n) is 2.78. The smallest absolute Gasteiger partial charge is 0.287 e. The normalized spacial score (nSPS) is 13.3. The van der Waals surface area contributed by atoms with E-state index in [1.807, 2.05) is 30.9 Å². The van der Waals surface area contributed by atoms with Crippen LogP contribution in [-0.2, 0) is 17.8 Å². The average Bonchev–Trinajstić information content (AvgIpc) is 3.20. The van der Waals surface area contributed by atoms with Crippen molar-refractivity contribution in [2.45, 2.75) is 26.8 Å². The van der Waals surface area contributed by atoms with Gasteiger partial charge in [0.15, 0.2) is 5.76 Å². The van der Waals surface area contributed by atoms with Gasteiger partial charge >= 0.3 is 0 Å². The fourth-order valence-corrected chi connectivity index (χ4v) is 2.78. The van der Waals surface area contributed by atoms with Gasteiger partial charge in [-0.1, -0.05) is 26.0 Å². The summed E-state index contributed by atoms with van der Waals surface area (Å²) in [6.07, 6.45) is 2.33. The van der Waals surface area contributed by atoms with Crippen LogP contribution in [0.25, 0.3) is 0 Å². The molecule has 1 aliphatic rings. The van der Waals surface area contributed by atoms with E-state index in [0.29, 0.717) is 12.3 Å². The highest BCUT2D eigenvalue weighted by molar-refractivity contribution is 5.96. The van der Waals surface area contributed by atoms with Crippen molar-refractivity contribution in [2.24, 2.45) is 5.92 Å². The third-order valence-electron chi connectivity index (χ3n) is 4.00. The van der Waals surface area contributed by atoms with Crippen LogP contribution in [0.1, 0.15) is 35.5 Å². The lowest BCUT2D eigenvalue weighted by molar-refractivity contribution is -0.121. The second-order valence-electron chi connectivity index (χ2n) is 6.02. The molecule has 1 aromatic carbocycles. The second kappa shape index (κ2) is 6.28. The summed E-state index contributed by atoms with van der Waals surface area (Å²) >= 11 is 0. The molecule has 0 bridgehead atoms. The number of amides is 2. The van der Waals surface area contributed by atoms with E-state index in [-0.39, 0.29) is 17.7 Å². The quantitative estimate of drug-likeness (QED) is 0.944. The summed E-state index contributed by atoms with van der Waals surface area (Å²) in [5.74, 6) is 0.225. The monoisotopic (exact) mass is 312 g/mol. The largest absolute Gasteiger partial charge is 0.459 e. The first kappa shape index (κ1) is 15.3. The van der Waals surface area contributed by atoms with E-state index in [9.17, 15) is 9.59 Å². The van der Waals surface area contributed by atoms with Gasteiger partial charge in [-0.2, -0.15) is 0 Å². The molecule has 2 aromatic rings. The summed E-state index contributed by atoms with van der Waals surface area (Å²) in [4.78, 5) is 25.9. The van der Waals surface area contributed by atoms with Crippen LogP contribution in [0, 0.1) is 5.92 Å². The van der Waals surface area contributed by atoms with E-state index in [2.05, 4.69) is 11.4 Å². The van der Waals surface area contributed by atoms with Crippen molar-refractivity contribution in [1.82, 2.24) is 5.32 Å². The van der Waals surface area contributed by atoms with Gasteiger partial charge in [0, 0.05) is 24.7 Å². The molecule has 1 aliphatic heterocycles. The lowest BCUT2D eigenvalue weighted by atomic mass is 10.1. The third kappa shape index (κ3) is 3.13. The fraction of sp³-hybridized carbons (Fsp3) is 0.333. The highest BCUT2D eigenvalue weighted by atomic mass is 16.3. The predicted molar refractivity (Wildman–Crippen MR) is 87.2 cm³/mol. The van der Waals surface area contributed by atoms with E-state index < -0.39 is 0 Å². The molecule has 0 aliphatic carbocycles. The molecule has 0 fully saturated rings. The van der Waals surface area contributed by atoms with E-state index >= 15 is 0 Å². The molecular weight excluding hydrogens is 292 g/mol. The summed E-state index contributed by atoms with van der Waals surface area (Å²) in [7, 11) is 0. The maximum Gasteiger partial charge on any atom is 0.287 e.